The van der Waals surface area contributed by atoms with Crippen molar-refractivity contribution in [3.63, 3.8) is 0 Å². The van der Waals surface area contributed by atoms with Gasteiger partial charge < -0.3 is 0 Å². The summed E-state index contributed by atoms with van der Waals surface area (Å²) in [6.07, 6.45) is 0. The second-order valence-electron chi connectivity index (χ2n) is 5.36. The number of rotatable bonds is 0. The first-order chi connectivity index (χ1) is 5.21. The summed E-state index contributed by atoms with van der Waals surface area (Å²) in [7, 11) is 0. The van der Waals surface area contributed by atoms with E-state index < -0.39 is 0 Å². The third-order valence-corrected chi connectivity index (χ3v) is 14.9. The molecule has 0 atom stereocenters. The van der Waals surface area contributed by atoms with Gasteiger partial charge in [0, 0.05) is 0 Å². The Balaban J connectivity index is 2.99. The third kappa shape index (κ3) is 1.52. The molecule has 0 aliphatic carbocycles. The SMILES string of the molecule is CC1(C)C[Se][Se]C(C)(C)C1(C)C. The molecule has 12 heavy (non-hydrogen) atoms. The zero-order chi connectivity index (χ0) is 9.62. The molecule has 2 heteroatoms. The van der Waals surface area contributed by atoms with Crippen molar-refractivity contribution in [3.05, 3.63) is 0 Å². The summed E-state index contributed by atoms with van der Waals surface area (Å²) in [5, 5.41) is 1.48. The molecule has 0 bridgehead atoms. The normalized spacial score (nSPS) is 31.5. The summed E-state index contributed by atoms with van der Waals surface area (Å²) in [5.74, 6) is 0. The van der Waals surface area contributed by atoms with Gasteiger partial charge in [-0.25, -0.2) is 0 Å². The summed E-state index contributed by atoms with van der Waals surface area (Å²) in [4.78, 5) is 0. The van der Waals surface area contributed by atoms with Gasteiger partial charge in [-0.1, -0.05) is 0 Å². The van der Waals surface area contributed by atoms with Crippen LogP contribution in [0.25, 0.3) is 0 Å². The molecule has 0 radical (unpaired) electrons. The summed E-state index contributed by atoms with van der Waals surface area (Å²) >= 11 is 1.84. The standard InChI is InChI=1S/C10H20Se2/c1-8(2)7-11-12-10(5,6)9(8,3)4/h7H2,1-6H3. The van der Waals surface area contributed by atoms with Crippen LogP contribution in [0.15, 0.2) is 0 Å². The van der Waals surface area contributed by atoms with Crippen molar-refractivity contribution in [3.8, 4) is 0 Å². The fourth-order valence-electron chi connectivity index (χ4n) is 1.42. The Hall–Kier alpha value is 1.04. The van der Waals surface area contributed by atoms with Crippen molar-refractivity contribution < 1.29 is 0 Å². The number of hydrogen-bond acceptors (Lipinski definition) is 0. The molecule has 0 N–H and O–H groups in total. The Morgan fingerprint density at radius 1 is 0.917 bits per heavy atom. The Morgan fingerprint density at radius 3 is 1.75 bits per heavy atom. The first-order valence-electron chi connectivity index (χ1n) is 4.51. The fraction of sp³-hybridized carbons (Fsp3) is 1.00. The second-order valence-corrected chi connectivity index (χ2v) is 13.3. The van der Waals surface area contributed by atoms with Gasteiger partial charge in [0.2, 0.25) is 0 Å². The van der Waals surface area contributed by atoms with E-state index in [0.717, 1.165) is 26.3 Å². The monoisotopic (exact) mass is 300 g/mol. The Kier molecular flexibility index (Phi) is 2.80. The summed E-state index contributed by atoms with van der Waals surface area (Å²) in [5.41, 5.74) is 1.07. The van der Waals surface area contributed by atoms with Gasteiger partial charge in [0.05, 0.1) is 0 Å². The first kappa shape index (κ1) is 11.1. The maximum absolute atomic E-state index is 2.47. The van der Waals surface area contributed by atoms with E-state index in [9.17, 15) is 0 Å². The van der Waals surface area contributed by atoms with Crippen LogP contribution in [-0.4, -0.2) is 26.3 Å². The summed E-state index contributed by atoms with van der Waals surface area (Å²) in [6.45, 7) is 14.8. The van der Waals surface area contributed by atoms with Crippen LogP contribution >= 0.6 is 0 Å². The molecule has 1 aliphatic heterocycles. The van der Waals surface area contributed by atoms with Gasteiger partial charge >= 0.3 is 88.3 Å². The van der Waals surface area contributed by atoms with E-state index in [2.05, 4.69) is 41.5 Å². The minimum absolute atomic E-state index is 0.514. The average molecular weight is 298 g/mol. The van der Waals surface area contributed by atoms with E-state index in [1.807, 2.05) is 0 Å². The van der Waals surface area contributed by atoms with Crippen molar-refractivity contribution in [2.45, 2.75) is 51.2 Å². The molecule has 1 saturated heterocycles. The predicted molar refractivity (Wildman–Crippen MR) is 57.9 cm³/mol. The van der Waals surface area contributed by atoms with Gasteiger partial charge in [0.25, 0.3) is 0 Å². The maximum atomic E-state index is 2.47. The van der Waals surface area contributed by atoms with Crippen LogP contribution in [0.2, 0.25) is 9.63 Å². The van der Waals surface area contributed by atoms with Crippen molar-refractivity contribution in [2.75, 3.05) is 0 Å². The van der Waals surface area contributed by atoms with E-state index in [4.69, 9.17) is 0 Å². The van der Waals surface area contributed by atoms with Gasteiger partial charge in [-0.2, -0.15) is 0 Å². The van der Waals surface area contributed by atoms with Gasteiger partial charge in [-0.3, -0.25) is 0 Å². The molecular formula is C10H20Se2. The predicted octanol–water partition coefficient (Wildman–Crippen LogP) is 2.99. The van der Waals surface area contributed by atoms with E-state index in [1.54, 1.807) is 0 Å². The van der Waals surface area contributed by atoms with Crippen LogP contribution in [0.1, 0.15) is 41.5 Å². The molecule has 72 valence electrons. The van der Waals surface area contributed by atoms with Crippen LogP contribution in [-0.2, 0) is 0 Å². The van der Waals surface area contributed by atoms with Crippen molar-refractivity contribution in [2.24, 2.45) is 10.8 Å². The molecule has 1 rings (SSSR count). The Labute approximate surface area is 88.1 Å². The molecule has 0 amide bonds. The van der Waals surface area contributed by atoms with Crippen LogP contribution in [0.3, 0.4) is 0 Å². The van der Waals surface area contributed by atoms with E-state index in [1.165, 1.54) is 5.32 Å². The molecule has 0 spiro atoms. The Bertz CT molecular complexity index is 162. The number of hydrogen-bond donors (Lipinski definition) is 0. The molecular weight excluding hydrogens is 278 g/mol. The third-order valence-electron chi connectivity index (χ3n) is 3.88. The molecule has 0 aromatic heterocycles. The topological polar surface area (TPSA) is 0 Å². The zero-order valence-electron chi connectivity index (χ0n) is 9.02. The van der Waals surface area contributed by atoms with Crippen molar-refractivity contribution >= 4 is 26.3 Å². The van der Waals surface area contributed by atoms with Gasteiger partial charge in [0.15, 0.2) is 0 Å². The van der Waals surface area contributed by atoms with Gasteiger partial charge in [0.1, 0.15) is 0 Å². The van der Waals surface area contributed by atoms with Crippen molar-refractivity contribution in [1.82, 2.24) is 0 Å². The molecule has 0 aromatic carbocycles. The van der Waals surface area contributed by atoms with Crippen LogP contribution in [0, 0.1) is 10.8 Å². The molecule has 1 fully saturated rings. The Morgan fingerprint density at radius 2 is 1.42 bits per heavy atom. The molecule has 0 saturated carbocycles. The average Bonchev–Trinajstić information content (AvgIpc) is 1.83. The molecule has 0 aromatic rings. The quantitative estimate of drug-likeness (QED) is 0.603. The van der Waals surface area contributed by atoms with E-state index in [-0.39, 0.29) is 0 Å². The molecule has 1 aliphatic rings. The van der Waals surface area contributed by atoms with Gasteiger partial charge in [-0.05, 0) is 0 Å². The zero-order valence-corrected chi connectivity index (χ0v) is 12.4. The molecule has 1 heterocycles. The van der Waals surface area contributed by atoms with Crippen LogP contribution in [0.5, 0.6) is 0 Å². The van der Waals surface area contributed by atoms with E-state index in [0.29, 0.717) is 15.1 Å². The van der Waals surface area contributed by atoms with E-state index >= 15 is 0 Å². The second kappa shape index (κ2) is 3.02. The molecule has 0 unspecified atom stereocenters. The molecule has 0 nitrogen and oxygen atoms in total. The van der Waals surface area contributed by atoms with Crippen LogP contribution < -0.4 is 0 Å². The minimum atomic E-state index is 0.514. The van der Waals surface area contributed by atoms with Crippen LogP contribution in [0.4, 0.5) is 0 Å². The van der Waals surface area contributed by atoms with Gasteiger partial charge in [-0.15, -0.1) is 0 Å². The fourth-order valence-corrected chi connectivity index (χ4v) is 13.9. The van der Waals surface area contributed by atoms with Crippen molar-refractivity contribution in [1.29, 1.82) is 0 Å². The summed E-state index contributed by atoms with van der Waals surface area (Å²) < 4.78 is 0.599. The summed E-state index contributed by atoms with van der Waals surface area (Å²) in [6, 6.07) is 0. The first-order valence-corrected chi connectivity index (χ1v) is 10.9.